The lowest BCUT2D eigenvalue weighted by molar-refractivity contribution is -0.122. The molecule has 1 aliphatic heterocycles. The van der Waals surface area contributed by atoms with Crippen molar-refractivity contribution in [2.45, 2.75) is 13.8 Å². The molecule has 1 fully saturated rings. The van der Waals surface area contributed by atoms with E-state index < -0.39 is 17.8 Å². The number of barbiturate groups is 1. The van der Waals surface area contributed by atoms with Crippen LogP contribution >= 0.6 is 43.5 Å². The monoisotopic (exact) mass is 659 g/mol. The molecule has 3 aromatic rings. The average molecular weight is 662 g/mol. The summed E-state index contributed by atoms with van der Waals surface area (Å²) in [6.45, 7) is 3.64. The summed E-state index contributed by atoms with van der Waals surface area (Å²) in [5, 5.41) is 5.45. The van der Waals surface area contributed by atoms with Gasteiger partial charge in [0.15, 0.2) is 6.61 Å². The minimum Gasteiger partial charge on any atom is -0.481 e. The lowest BCUT2D eigenvalue weighted by atomic mass is 10.1. The van der Waals surface area contributed by atoms with Gasteiger partial charge in [0.2, 0.25) is 0 Å². The first-order valence-electron chi connectivity index (χ1n) is 11.2. The molecular formula is C27H20Br2ClN3O5. The second-order valence-electron chi connectivity index (χ2n) is 8.33. The third-order valence-electron chi connectivity index (χ3n) is 5.74. The molecule has 0 aromatic heterocycles. The quantitative estimate of drug-likeness (QED) is 0.243. The SMILES string of the molecule is Cc1cccc(NC(=O)COc2c(Br)cc(/C=C3/C(=O)NC(=O)N(c4ccc(Cl)cc4)C3=O)cc2Br)c1C. The van der Waals surface area contributed by atoms with E-state index in [2.05, 4.69) is 42.5 Å². The van der Waals surface area contributed by atoms with Crippen LogP contribution in [0.15, 0.2) is 69.1 Å². The Hall–Kier alpha value is -3.47. The van der Waals surface area contributed by atoms with E-state index in [0.29, 0.717) is 31.0 Å². The Balaban J connectivity index is 1.52. The van der Waals surface area contributed by atoms with E-state index in [4.69, 9.17) is 16.3 Å². The van der Waals surface area contributed by atoms with Gasteiger partial charge in [0.25, 0.3) is 17.7 Å². The second kappa shape index (κ2) is 11.5. The third-order valence-corrected chi connectivity index (χ3v) is 7.17. The number of benzene rings is 3. The van der Waals surface area contributed by atoms with Crippen molar-refractivity contribution in [3.05, 3.63) is 90.8 Å². The summed E-state index contributed by atoms with van der Waals surface area (Å²) >= 11 is 12.7. The summed E-state index contributed by atoms with van der Waals surface area (Å²) in [5.74, 6) is -1.57. The molecule has 5 amide bonds. The highest BCUT2D eigenvalue weighted by atomic mass is 79.9. The Labute approximate surface area is 240 Å². The zero-order chi connectivity index (χ0) is 27.6. The number of halogens is 3. The van der Waals surface area contributed by atoms with Crippen molar-refractivity contribution < 1.29 is 23.9 Å². The molecule has 194 valence electrons. The van der Waals surface area contributed by atoms with Gasteiger partial charge in [0.05, 0.1) is 14.6 Å². The van der Waals surface area contributed by atoms with Gasteiger partial charge in [-0.25, -0.2) is 9.69 Å². The predicted octanol–water partition coefficient (Wildman–Crippen LogP) is 6.17. The average Bonchev–Trinajstić information content (AvgIpc) is 2.85. The molecule has 8 nitrogen and oxygen atoms in total. The molecule has 38 heavy (non-hydrogen) atoms. The minimum atomic E-state index is -0.857. The Morgan fingerprint density at radius 1 is 1.05 bits per heavy atom. The lowest BCUT2D eigenvalue weighted by Gasteiger charge is -2.26. The van der Waals surface area contributed by atoms with E-state index in [1.165, 1.54) is 30.3 Å². The van der Waals surface area contributed by atoms with E-state index >= 15 is 0 Å². The molecule has 0 atom stereocenters. The van der Waals surface area contributed by atoms with Gasteiger partial charge in [0, 0.05) is 10.7 Å². The maximum Gasteiger partial charge on any atom is 0.335 e. The second-order valence-corrected chi connectivity index (χ2v) is 10.5. The Bertz CT molecular complexity index is 1480. The molecule has 0 bridgehead atoms. The number of urea groups is 1. The summed E-state index contributed by atoms with van der Waals surface area (Å²) in [4.78, 5) is 51.3. The summed E-state index contributed by atoms with van der Waals surface area (Å²) < 4.78 is 6.68. The van der Waals surface area contributed by atoms with Crippen LogP contribution in [-0.4, -0.2) is 30.4 Å². The number of carbonyl (C=O) groups is 4. The fourth-order valence-electron chi connectivity index (χ4n) is 3.66. The van der Waals surface area contributed by atoms with Gasteiger partial charge in [-0.15, -0.1) is 0 Å². The first-order valence-corrected chi connectivity index (χ1v) is 13.2. The molecule has 1 saturated heterocycles. The topological polar surface area (TPSA) is 105 Å². The van der Waals surface area contributed by atoms with Gasteiger partial charge in [0.1, 0.15) is 11.3 Å². The molecule has 2 N–H and O–H groups in total. The number of amides is 5. The van der Waals surface area contributed by atoms with Crippen LogP contribution in [0, 0.1) is 13.8 Å². The first-order chi connectivity index (χ1) is 18.0. The number of hydrogen-bond donors (Lipinski definition) is 2. The Kier molecular flexibility index (Phi) is 8.35. The van der Waals surface area contributed by atoms with Crippen molar-refractivity contribution in [2.75, 3.05) is 16.8 Å². The molecule has 1 heterocycles. The molecule has 3 aromatic carbocycles. The number of carbonyl (C=O) groups excluding carboxylic acids is 4. The molecular weight excluding hydrogens is 642 g/mol. The summed E-state index contributed by atoms with van der Waals surface area (Å²) in [6.07, 6.45) is 1.36. The predicted molar refractivity (Wildman–Crippen MR) is 152 cm³/mol. The van der Waals surface area contributed by atoms with Gasteiger partial charge in [-0.3, -0.25) is 19.7 Å². The fraction of sp³-hybridized carbons (Fsp3) is 0.111. The van der Waals surface area contributed by atoms with Crippen LogP contribution in [-0.2, 0) is 14.4 Å². The van der Waals surface area contributed by atoms with E-state index in [0.717, 1.165) is 16.0 Å². The zero-order valence-electron chi connectivity index (χ0n) is 20.1. The largest absolute Gasteiger partial charge is 0.481 e. The highest BCUT2D eigenvalue weighted by molar-refractivity contribution is 9.11. The van der Waals surface area contributed by atoms with Gasteiger partial charge < -0.3 is 10.1 Å². The number of ether oxygens (including phenoxy) is 1. The first kappa shape index (κ1) is 27.6. The van der Waals surface area contributed by atoms with Gasteiger partial charge >= 0.3 is 6.03 Å². The van der Waals surface area contributed by atoms with Crippen molar-refractivity contribution in [3.8, 4) is 5.75 Å². The Morgan fingerprint density at radius 3 is 2.37 bits per heavy atom. The van der Waals surface area contributed by atoms with Gasteiger partial charge in [-0.2, -0.15) is 0 Å². The zero-order valence-corrected chi connectivity index (χ0v) is 24.0. The van der Waals surface area contributed by atoms with Crippen molar-refractivity contribution in [1.29, 1.82) is 0 Å². The van der Waals surface area contributed by atoms with Crippen molar-refractivity contribution in [1.82, 2.24) is 5.32 Å². The van der Waals surface area contributed by atoms with Crippen LogP contribution in [0.3, 0.4) is 0 Å². The highest BCUT2D eigenvalue weighted by Gasteiger charge is 2.36. The maximum atomic E-state index is 13.1. The van der Waals surface area contributed by atoms with Crippen LogP contribution in [0.2, 0.25) is 5.02 Å². The van der Waals surface area contributed by atoms with Crippen LogP contribution in [0.5, 0.6) is 5.75 Å². The number of imide groups is 2. The summed E-state index contributed by atoms with van der Waals surface area (Å²) in [7, 11) is 0. The Morgan fingerprint density at radius 2 is 1.71 bits per heavy atom. The van der Waals surface area contributed by atoms with E-state index in [1.807, 2.05) is 32.0 Å². The lowest BCUT2D eigenvalue weighted by Crippen LogP contribution is -2.54. The number of hydrogen-bond acceptors (Lipinski definition) is 5. The number of nitrogens with one attached hydrogen (secondary N) is 2. The van der Waals surface area contributed by atoms with Crippen LogP contribution in [0.25, 0.3) is 6.08 Å². The van der Waals surface area contributed by atoms with Crippen LogP contribution < -0.4 is 20.3 Å². The number of aryl methyl sites for hydroxylation is 1. The number of anilines is 2. The molecule has 0 unspecified atom stereocenters. The van der Waals surface area contributed by atoms with Crippen molar-refractivity contribution >= 4 is 84.7 Å². The number of nitrogens with zero attached hydrogens (tertiary/aromatic N) is 1. The smallest absolute Gasteiger partial charge is 0.335 e. The summed E-state index contributed by atoms with van der Waals surface area (Å²) in [6, 6.07) is 14.1. The highest BCUT2D eigenvalue weighted by Crippen LogP contribution is 2.36. The standard InChI is InChI=1S/C27H20Br2ClN3O5/c1-14-4-3-5-22(15(14)2)31-23(34)13-38-24-20(28)11-16(12-21(24)29)10-19-25(35)32-27(37)33(26(19)36)18-8-6-17(30)7-9-18/h3-12H,13H2,1-2H3,(H,31,34)(H,32,35,37)/b19-10-. The van der Waals surface area contributed by atoms with Crippen LogP contribution in [0.1, 0.15) is 16.7 Å². The number of rotatable bonds is 6. The molecule has 0 saturated carbocycles. The third kappa shape index (κ3) is 5.98. The van der Waals surface area contributed by atoms with E-state index in [1.54, 1.807) is 12.1 Å². The molecule has 4 rings (SSSR count). The fourth-order valence-corrected chi connectivity index (χ4v) is 5.24. The molecule has 0 spiro atoms. The minimum absolute atomic E-state index is 0.236. The summed E-state index contributed by atoms with van der Waals surface area (Å²) in [5.41, 5.74) is 3.24. The molecule has 0 aliphatic carbocycles. The maximum absolute atomic E-state index is 13.1. The molecule has 0 radical (unpaired) electrons. The van der Waals surface area contributed by atoms with Crippen molar-refractivity contribution in [3.63, 3.8) is 0 Å². The normalized spacial score (nSPS) is 14.5. The molecule has 11 heteroatoms. The van der Waals surface area contributed by atoms with Gasteiger partial charge in [-0.05, 0) is 111 Å². The van der Waals surface area contributed by atoms with Crippen molar-refractivity contribution in [2.24, 2.45) is 0 Å². The molecule has 1 aliphatic rings. The van der Waals surface area contributed by atoms with Crippen LogP contribution in [0.4, 0.5) is 16.2 Å². The van der Waals surface area contributed by atoms with Gasteiger partial charge in [-0.1, -0.05) is 23.7 Å². The van der Waals surface area contributed by atoms with E-state index in [9.17, 15) is 19.2 Å². The van der Waals surface area contributed by atoms with E-state index in [-0.39, 0.29) is 23.8 Å².